The van der Waals surface area contributed by atoms with Gasteiger partial charge in [-0.3, -0.25) is 10.1 Å². The summed E-state index contributed by atoms with van der Waals surface area (Å²) < 4.78 is 0. The van der Waals surface area contributed by atoms with Gasteiger partial charge in [-0.1, -0.05) is 29.8 Å². The number of carboxylic acids is 1. The molecule has 0 spiro atoms. The van der Waals surface area contributed by atoms with E-state index in [4.69, 9.17) is 0 Å². The first-order chi connectivity index (χ1) is 9.83. The van der Waals surface area contributed by atoms with Gasteiger partial charge in [-0.15, -0.1) is 0 Å². The van der Waals surface area contributed by atoms with E-state index < -0.39 is 11.5 Å². The van der Waals surface area contributed by atoms with Crippen LogP contribution in [0.25, 0.3) is 0 Å². The number of hydrogen-bond acceptors (Lipinski definition) is 3. The number of rotatable bonds is 9. The number of carboxylic acid groups (broad SMARTS) is 1. The maximum atomic E-state index is 11.4. The number of nitrogens with one attached hydrogen (secondary N) is 1. The molecule has 0 aliphatic carbocycles. The predicted octanol–water partition coefficient (Wildman–Crippen LogP) is 3.85. The van der Waals surface area contributed by atoms with Crippen LogP contribution in [0.15, 0.2) is 24.3 Å². The maximum Gasteiger partial charge on any atom is 0.323 e. The van der Waals surface area contributed by atoms with Crippen LogP contribution in [-0.2, 0) is 10.5 Å². The summed E-state index contributed by atoms with van der Waals surface area (Å²) in [7, 11) is 0. The van der Waals surface area contributed by atoms with Gasteiger partial charge < -0.3 is 5.11 Å². The molecular weight excluding hydrogens is 282 g/mol. The van der Waals surface area contributed by atoms with Crippen molar-refractivity contribution in [2.75, 3.05) is 5.75 Å². The SMILES string of the molecule is Cc1cccc(CSCCCC(C)(NC(C)C)C(=O)O)c1. The van der Waals surface area contributed by atoms with Crippen molar-refractivity contribution < 1.29 is 9.90 Å². The van der Waals surface area contributed by atoms with Crippen LogP contribution in [-0.4, -0.2) is 28.4 Å². The fraction of sp³-hybridized carbons (Fsp3) is 0.588. The highest BCUT2D eigenvalue weighted by atomic mass is 32.2. The standard InChI is InChI=1S/C17H27NO2S/c1-13(2)18-17(4,16(19)20)9-6-10-21-12-15-8-5-7-14(3)11-15/h5,7-8,11,13,18H,6,9-10,12H2,1-4H3,(H,19,20). The molecule has 2 N–H and O–H groups in total. The first-order valence-corrected chi connectivity index (χ1v) is 8.63. The Morgan fingerprint density at radius 1 is 1.43 bits per heavy atom. The van der Waals surface area contributed by atoms with E-state index in [-0.39, 0.29) is 6.04 Å². The number of benzene rings is 1. The Balaban J connectivity index is 2.33. The number of aryl methyl sites for hydroxylation is 1. The zero-order chi connectivity index (χ0) is 15.9. The van der Waals surface area contributed by atoms with Crippen LogP contribution in [0.1, 0.15) is 44.7 Å². The molecule has 0 bridgehead atoms. The molecule has 0 amide bonds. The Kier molecular flexibility index (Phi) is 7.26. The molecule has 1 aromatic rings. The predicted molar refractivity (Wildman–Crippen MR) is 90.9 cm³/mol. The maximum absolute atomic E-state index is 11.4. The second-order valence-electron chi connectivity index (χ2n) is 6.08. The molecule has 21 heavy (non-hydrogen) atoms. The van der Waals surface area contributed by atoms with Gasteiger partial charge >= 0.3 is 5.97 Å². The van der Waals surface area contributed by atoms with Gasteiger partial charge in [0.1, 0.15) is 5.54 Å². The minimum absolute atomic E-state index is 0.172. The number of hydrogen-bond donors (Lipinski definition) is 2. The Morgan fingerprint density at radius 3 is 2.71 bits per heavy atom. The summed E-state index contributed by atoms with van der Waals surface area (Å²) in [6.07, 6.45) is 1.56. The van der Waals surface area contributed by atoms with E-state index in [1.54, 1.807) is 6.92 Å². The van der Waals surface area contributed by atoms with Crippen molar-refractivity contribution in [1.29, 1.82) is 0 Å². The first-order valence-electron chi connectivity index (χ1n) is 7.48. The third kappa shape index (κ3) is 6.53. The van der Waals surface area contributed by atoms with E-state index >= 15 is 0 Å². The van der Waals surface area contributed by atoms with Gasteiger partial charge in [0.05, 0.1) is 0 Å². The second-order valence-corrected chi connectivity index (χ2v) is 7.19. The molecule has 0 heterocycles. The van der Waals surface area contributed by atoms with E-state index in [2.05, 4.69) is 36.5 Å². The summed E-state index contributed by atoms with van der Waals surface area (Å²) in [4.78, 5) is 11.4. The Labute approximate surface area is 132 Å². The van der Waals surface area contributed by atoms with Crippen molar-refractivity contribution in [1.82, 2.24) is 5.32 Å². The molecule has 0 saturated carbocycles. The average Bonchev–Trinajstić information content (AvgIpc) is 2.37. The van der Waals surface area contributed by atoms with Gasteiger partial charge in [-0.2, -0.15) is 11.8 Å². The highest BCUT2D eigenvalue weighted by Crippen LogP contribution is 2.19. The molecule has 0 saturated heterocycles. The van der Waals surface area contributed by atoms with Gasteiger partial charge in [0.25, 0.3) is 0 Å². The molecule has 4 heteroatoms. The normalized spacial score (nSPS) is 14.1. The molecule has 3 nitrogen and oxygen atoms in total. The lowest BCUT2D eigenvalue weighted by Crippen LogP contribution is -2.52. The quantitative estimate of drug-likeness (QED) is 0.680. The van der Waals surface area contributed by atoms with Gasteiger partial charge in [0.15, 0.2) is 0 Å². The topological polar surface area (TPSA) is 49.3 Å². The zero-order valence-corrected chi connectivity index (χ0v) is 14.3. The molecule has 0 fully saturated rings. The van der Waals surface area contributed by atoms with Crippen LogP contribution in [0.2, 0.25) is 0 Å². The van der Waals surface area contributed by atoms with Crippen LogP contribution in [0.4, 0.5) is 0 Å². The number of thioether (sulfide) groups is 1. The smallest absolute Gasteiger partial charge is 0.323 e. The van der Waals surface area contributed by atoms with E-state index in [1.165, 1.54) is 11.1 Å². The molecule has 0 aliphatic rings. The Hall–Kier alpha value is -1.00. The fourth-order valence-corrected chi connectivity index (χ4v) is 3.31. The summed E-state index contributed by atoms with van der Waals surface area (Å²) >= 11 is 1.87. The third-order valence-corrected chi connectivity index (χ3v) is 4.51. The van der Waals surface area contributed by atoms with Crippen LogP contribution < -0.4 is 5.32 Å². The monoisotopic (exact) mass is 309 g/mol. The fourth-order valence-electron chi connectivity index (χ4n) is 2.40. The lowest BCUT2D eigenvalue weighted by Gasteiger charge is -2.28. The van der Waals surface area contributed by atoms with E-state index in [0.717, 1.165) is 17.9 Å². The summed E-state index contributed by atoms with van der Waals surface area (Å²) in [6, 6.07) is 8.70. The van der Waals surface area contributed by atoms with Gasteiger partial charge in [0, 0.05) is 11.8 Å². The van der Waals surface area contributed by atoms with E-state index in [9.17, 15) is 9.90 Å². The molecule has 1 rings (SSSR count). The van der Waals surface area contributed by atoms with E-state index in [0.29, 0.717) is 6.42 Å². The van der Waals surface area contributed by atoms with Gasteiger partial charge in [-0.25, -0.2) is 0 Å². The van der Waals surface area contributed by atoms with Crippen molar-refractivity contribution in [3.63, 3.8) is 0 Å². The minimum atomic E-state index is -0.821. The lowest BCUT2D eigenvalue weighted by molar-refractivity contribution is -0.144. The van der Waals surface area contributed by atoms with Crippen molar-refractivity contribution in [2.24, 2.45) is 0 Å². The van der Waals surface area contributed by atoms with E-state index in [1.807, 2.05) is 25.6 Å². The van der Waals surface area contributed by atoms with Crippen molar-refractivity contribution in [3.8, 4) is 0 Å². The highest BCUT2D eigenvalue weighted by Gasteiger charge is 2.32. The molecule has 1 atom stereocenters. The summed E-state index contributed by atoms with van der Waals surface area (Å²) in [5, 5.41) is 12.5. The van der Waals surface area contributed by atoms with Gasteiger partial charge in [-0.05, 0) is 51.9 Å². The molecule has 118 valence electrons. The summed E-state index contributed by atoms with van der Waals surface area (Å²) in [6.45, 7) is 7.84. The van der Waals surface area contributed by atoms with Crippen molar-refractivity contribution in [3.05, 3.63) is 35.4 Å². The molecule has 0 aromatic heterocycles. The van der Waals surface area contributed by atoms with Crippen LogP contribution >= 0.6 is 11.8 Å². The van der Waals surface area contributed by atoms with Crippen LogP contribution in [0.5, 0.6) is 0 Å². The molecular formula is C17H27NO2S. The van der Waals surface area contributed by atoms with Crippen LogP contribution in [0, 0.1) is 6.92 Å². The van der Waals surface area contributed by atoms with Crippen LogP contribution in [0.3, 0.4) is 0 Å². The van der Waals surface area contributed by atoms with Gasteiger partial charge in [0.2, 0.25) is 0 Å². The average molecular weight is 309 g/mol. The number of carbonyl (C=O) groups is 1. The zero-order valence-electron chi connectivity index (χ0n) is 13.5. The molecule has 0 radical (unpaired) electrons. The first kappa shape index (κ1) is 18.1. The lowest BCUT2D eigenvalue weighted by atomic mass is 9.95. The largest absolute Gasteiger partial charge is 0.480 e. The molecule has 1 unspecified atom stereocenters. The van der Waals surface area contributed by atoms with Crippen molar-refractivity contribution in [2.45, 2.75) is 57.9 Å². The van der Waals surface area contributed by atoms with Crippen molar-refractivity contribution >= 4 is 17.7 Å². The Morgan fingerprint density at radius 2 is 2.14 bits per heavy atom. The summed E-state index contributed by atoms with van der Waals surface area (Å²) in [5.74, 6) is 1.21. The molecule has 1 aromatic carbocycles. The minimum Gasteiger partial charge on any atom is -0.480 e. The highest BCUT2D eigenvalue weighted by molar-refractivity contribution is 7.98. The Bertz CT molecular complexity index is 462. The molecule has 0 aliphatic heterocycles. The third-order valence-electron chi connectivity index (χ3n) is 3.40. The summed E-state index contributed by atoms with van der Waals surface area (Å²) in [5.41, 5.74) is 1.80. The second kappa shape index (κ2) is 8.44. The number of aliphatic carboxylic acids is 1.